The van der Waals surface area contributed by atoms with Gasteiger partial charge in [-0.05, 0) is 47.8 Å². The largest absolute Gasteiger partial charge is 0.460 e. The minimum absolute atomic E-state index is 0.155. The summed E-state index contributed by atoms with van der Waals surface area (Å²) in [5, 5.41) is 2.96. The smallest absolute Gasteiger partial charge is 0.338 e. The molecule has 1 N–H and O–H groups in total. The molecular formula is C16H19BrN2O4S. The highest BCUT2D eigenvalue weighted by molar-refractivity contribution is 9.11. The molecule has 0 saturated heterocycles. The minimum Gasteiger partial charge on any atom is -0.460 e. The van der Waals surface area contributed by atoms with Gasteiger partial charge in [0, 0.05) is 23.7 Å². The highest BCUT2D eigenvalue weighted by atomic mass is 79.9. The Morgan fingerprint density at radius 2 is 2.17 bits per heavy atom. The normalized spacial score (nSPS) is 21.0. The van der Waals surface area contributed by atoms with Crippen LogP contribution in [0.25, 0.3) is 0 Å². The third kappa shape index (κ3) is 3.50. The number of urea groups is 1. The maximum Gasteiger partial charge on any atom is 0.338 e. The fourth-order valence-corrected chi connectivity index (χ4v) is 4.27. The second-order valence-corrected chi connectivity index (χ2v) is 8.25. The molecule has 1 aromatic rings. The van der Waals surface area contributed by atoms with Crippen molar-refractivity contribution in [3.63, 3.8) is 0 Å². The van der Waals surface area contributed by atoms with Crippen molar-refractivity contribution in [2.24, 2.45) is 0 Å². The van der Waals surface area contributed by atoms with Crippen LogP contribution < -0.4 is 5.32 Å². The lowest BCUT2D eigenvalue weighted by atomic mass is 10.0. The van der Waals surface area contributed by atoms with Gasteiger partial charge in [0.15, 0.2) is 0 Å². The zero-order valence-corrected chi connectivity index (χ0v) is 15.9. The molecule has 8 heteroatoms. The highest BCUT2D eigenvalue weighted by Gasteiger charge is 2.42. The summed E-state index contributed by atoms with van der Waals surface area (Å²) >= 11 is 4.92. The standard InChI is InChI=1S/C16H19BrN2O4S/c1-9-13(15(20)23-8-7-22-2)14(11-5-6-12(17)24-11)18-16(21)19(9)10-3-4-10/h5-6,10,14H,3-4,7-8H2,1-2H3,(H,18,21)/t14-/m1/s1. The van der Waals surface area contributed by atoms with Gasteiger partial charge in [-0.1, -0.05) is 0 Å². The summed E-state index contributed by atoms with van der Waals surface area (Å²) in [4.78, 5) is 27.7. The Morgan fingerprint density at radius 1 is 1.42 bits per heavy atom. The number of hydrogen-bond acceptors (Lipinski definition) is 5. The molecule has 1 aromatic heterocycles. The lowest BCUT2D eigenvalue weighted by molar-refractivity contribution is -0.140. The summed E-state index contributed by atoms with van der Waals surface area (Å²) in [7, 11) is 1.56. The lowest BCUT2D eigenvalue weighted by Gasteiger charge is -2.35. The summed E-state index contributed by atoms with van der Waals surface area (Å²) in [5.41, 5.74) is 1.17. The zero-order valence-electron chi connectivity index (χ0n) is 13.5. The molecular weight excluding hydrogens is 396 g/mol. The number of nitrogens with zero attached hydrogens (tertiary/aromatic N) is 1. The highest BCUT2D eigenvalue weighted by Crippen LogP contribution is 2.40. The number of allylic oxidation sites excluding steroid dienone is 1. The summed E-state index contributed by atoms with van der Waals surface area (Å²) in [6.07, 6.45) is 1.93. The van der Waals surface area contributed by atoms with Crippen LogP contribution in [0.4, 0.5) is 4.79 Å². The number of methoxy groups -OCH3 is 1. The molecule has 2 heterocycles. The number of ether oxygens (including phenoxy) is 2. The Kier molecular flexibility index (Phi) is 5.27. The van der Waals surface area contributed by atoms with E-state index < -0.39 is 12.0 Å². The first kappa shape index (κ1) is 17.4. The average Bonchev–Trinajstić information content (AvgIpc) is 3.27. The van der Waals surface area contributed by atoms with Crippen LogP contribution >= 0.6 is 27.3 Å². The molecule has 130 valence electrons. The van der Waals surface area contributed by atoms with Crippen molar-refractivity contribution >= 4 is 39.3 Å². The number of carbonyl (C=O) groups excluding carboxylic acids is 2. The molecule has 1 saturated carbocycles. The van der Waals surface area contributed by atoms with E-state index in [0.717, 1.165) is 21.5 Å². The monoisotopic (exact) mass is 414 g/mol. The topological polar surface area (TPSA) is 67.9 Å². The van der Waals surface area contributed by atoms with E-state index in [1.807, 2.05) is 19.1 Å². The van der Waals surface area contributed by atoms with Crippen LogP contribution in [0.15, 0.2) is 27.2 Å². The van der Waals surface area contributed by atoms with Crippen LogP contribution in [0.5, 0.6) is 0 Å². The van der Waals surface area contributed by atoms with Gasteiger partial charge in [-0.2, -0.15) is 0 Å². The van der Waals surface area contributed by atoms with Gasteiger partial charge >= 0.3 is 12.0 Å². The van der Waals surface area contributed by atoms with E-state index in [0.29, 0.717) is 17.9 Å². The number of amides is 2. The van der Waals surface area contributed by atoms with Crippen molar-refractivity contribution in [1.82, 2.24) is 10.2 Å². The van der Waals surface area contributed by atoms with Gasteiger partial charge in [0.2, 0.25) is 0 Å². The molecule has 1 fully saturated rings. The van der Waals surface area contributed by atoms with Crippen LogP contribution in [-0.4, -0.2) is 43.3 Å². The average molecular weight is 415 g/mol. The van der Waals surface area contributed by atoms with Crippen molar-refractivity contribution in [3.05, 3.63) is 32.1 Å². The SMILES string of the molecule is COCCOC(=O)C1=C(C)N(C2CC2)C(=O)N[C@@H]1c1ccc(Br)s1. The number of hydrogen-bond donors (Lipinski definition) is 1. The van der Waals surface area contributed by atoms with Crippen molar-refractivity contribution in [2.45, 2.75) is 31.8 Å². The number of halogens is 1. The van der Waals surface area contributed by atoms with E-state index in [-0.39, 0.29) is 18.7 Å². The third-order valence-electron chi connectivity index (χ3n) is 4.06. The van der Waals surface area contributed by atoms with Gasteiger partial charge in [-0.25, -0.2) is 9.59 Å². The Bertz CT molecular complexity index is 683. The van der Waals surface area contributed by atoms with E-state index in [4.69, 9.17) is 9.47 Å². The van der Waals surface area contributed by atoms with E-state index >= 15 is 0 Å². The van der Waals surface area contributed by atoms with Gasteiger partial charge in [0.05, 0.1) is 22.0 Å². The second-order valence-electron chi connectivity index (χ2n) is 5.75. The van der Waals surface area contributed by atoms with Crippen molar-refractivity contribution < 1.29 is 19.1 Å². The van der Waals surface area contributed by atoms with Crippen LogP contribution in [0.1, 0.15) is 30.7 Å². The van der Waals surface area contributed by atoms with Crippen LogP contribution in [0.2, 0.25) is 0 Å². The van der Waals surface area contributed by atoms with E-state index in [1.165, 1.54) is 11.3 Å². The molecule has 1 aliphatic heterocycles. The first-order valence-electron chi connectivity index (χ1n) is 7.74. The summed E-state index contributed by atoms with van der Waals surface area (Å²) in [6.45, 7) is 2.34. The van der Waals surface area contributed by atoms with Crippen LogP contribution in [0, 0.1) is 0 Å². The van der Waals surface area contributed by atoms with Crippen LogP contribution in [-0.2, 0) is 14.3 Å². The van der Waals surface area contributed by atoms with Gasteiger partial charge in [-0.15, -0.1) is 11.3 Å². The molecule has 2 amide bonds. The maximum absolute atomic E-state index is 12.6. The van der Waals surface area contributed by atoms with E-state index in [2.05, 4.69) is 21.2 Å². The number of nitrogens with one attached hydrogen (secondary N) is 1. The lowest BCUT2D eigenvalue weighted by Crippen LogP contribution is -2.48. The summed E-state index contributed by atoms with van der Waals surface area (Å²) in [5.74, 6) is -0.412. The van der Waals surface area contributed by atoms with E-state index in [9.17, 15) is 9.59 Å². The quantitative estimate of drug-likeness (QED) is 0.573. The molecule has 6 nitrogen and oxygen atoms in total. The van der Waals surface area contributed by atoms with Gasteiger partial charge in [0.25, 0.3) is 0 Å². The molecule has 0 radical (unpaired) electrons. The minimum atomic E-state index is -0.487. The number of rotatable bonds is 6. The summed E-state index contributed by atoms with van der Waals surface area (Å²) in [6, 6.07) is 3.35. The molecule has 1 atom stereocenters. The molecule has 0 unspecified atom stereocenters. The molecule has 0 aromatic carbocycles. The first-order valence-corrected chi connectivity index (χ1v) is 9.35. The predicted molar refractivity (Wildman–Crippen MR) is 93.7 cm³/mol. The van der Waals surface area contributed by atoms with Crippen molar-refractivity contribution in [3.8, 4) is 0 Å². The fraction of sp³-hybridized carbons (Fsp3) is 0.500. The van der Waals surface area contributed by atoms with E-state index in [1.54, 1.807) is 12.0 Å². The predicted octanol–water partition coefficient (Wildman–Crippen LogP) is 3.20. The number of esters is 1. The zero-order chi connectivity index (χ0) is 17.3. The molecule has 2 aliphatic rings. The molecule has 1 aliphatic carbocycles. The first-order chi connectivity index (χ1) is 11.5. The van der Waals surface area contributed by atoms with Gasteiger partial charge < -0.3 is 14.8 Å². The summed E-state index contributed by atoms with van der Waals surface area (Å²) < 4.78 is 11.2. The molecule has 3 rings (SSSR count). The van der Waals surface area contributed by atoms with Gasteiger partial charge in [-0.3, -0.25) is 4.90 Å². The Morgan fingerprint density at radius 3 is 2.75 bits per heavy atom. The number of carbonyl (C=O) groups is 2. The Labute approximate surface area is 152 Å². The molecule has 0 spiro atoms. The Balaban J connectivity index is 1.94. The number of thiophene rings is 1. The fourth-order valence-electron chi connectivity index (χ4n) is 2.79. The Hall–Kier alpha value is -1.38. The second kappa shape index (κ2) is 7.25. The maximum atomic E-state index is 12.6. The molecule has 24 heavy (non-hydrogen) atoms. The molecule has 0 bridgehead atoms. The van der Waals surface area contributed by atoms with Crippen molar-refractivity contribution in [2.75, 3.05) is 20.3 Å². The third-order valence-corrected chi connectivity index (χ3v) is 5.75. The van der Waals surface area contributed by atoms with Gasteiger partial charge in [0.1, 0.15) is 6.61 Å². The van der Waals surface area contributed by atoms with Crippen LogP contribution in [0.3, 0.4) is 0 Å². The van der Waals surface area contributed by atoms with Crippen molar-refractivity contribution in [1.29, 1.82) is 0 Å².